The van der Waals surface area contributed by atoms with E-state index in [0.717, 1.165) is 42.2 Å². The summed E-state index contributed by atoms with van der Waals surface area (Å²) < 4.78 is 6.37. The van der Waals surface area contributed by atoms with Gasteiger partial charge in [0.2, 0.25) is 0 Å². The first kappa shape index (κ1) is 17.4. The van der Waals surface area contributed by atoms with Crippen LogP contribution in [0.3, 0.4) is 0 Å². The molecule has 0 spiro atoms. The highest BCUT2D eigenvalue weighted by Gasteiger charge is 2.15. The molecule has 0 atom stereocenters. The van der Waals surface area contributed by atoms with Crippen LogP contribution in [-0.2, 0) is 4.74 Å². The van der Waals surface area contributed by atoms with Crippen LogP contribution >= 0.6 is 11.3 Å². The molecule has 1 fully saturated rings. The number of benzene rings is 2. The van der Waals surface area contributed by atoms with Gasteiger partial charge in [-0.25, -0.2) is 4.98 Å². The lowest BCUT2D eigenvalue weighted by Gasteiger charge is -2.28. The average molecular weight is 384 g/mol. The molecule has 1 aliphatic heterocycles. The van der Waals surface area contributed by atoms with Gasteiger partial charge in [0.15, 0.2) is 5.13 Å². The van der Waals surface area contributed by atoms with Crippen molar-refractivity contribution in [3.63, 3.8) is 0 Å². The number of rotatable bonds is 4. The lowest BCUT2D eigenvalue weighted by molar-refractivity contribution is -0.384. The third-order valence-corrected chi connectivity index (χ3v) is 5.24. The summed E-state index contributed by atoms with van der Waals surface area (Å²) in [6, 6.07) is 11.5. The molecule has 0 bridgehead atoms. The zero-order valence-corrected chi connectivity index (χ0v) is 15.1. The van der Waals surface area contributed by atoms with E-state index in [1.54, 1.807) is 0 Å². The van der Waals surface area contributed by atoms with Gasteiger partial charge in [0.25, 0.3) is 11.6 Å². The van der Waals surface area contributed by atoms with Crippen molar-refractivity contribution in [1.82, 2.24) is 4.98 Å². The van der Waals surface area contributed by atoms with Gasteiger partial charge in [-0.15, -0.1) is 0 Å². The summed E-state index contributed by atoms with van der Waals surface area (Å²) in [4.78, 5) is 29.3. The van der Waals surface area contributed by atoms with E-state index in [1.165, 1.54) is 35.6 Å². The number of nitro groups is 1. The number of hydrogen-bond donors (Lipinski definition) is 1. The molecule has 0 radical (unpaired) electrons. The fourth-order valence-electron chi connectivity index (χ4n) is 2.89. The van der Waals surface area contributed by atoms with Crippen molar-refractivity contribution >= 4 is 44.0 Å². The molecule has 0 unspecified atom stereocenters. The third kappa shape index (κ3) is 3.74. The smallest absolute Gasteiger partial charge is 0.269 e. The number of non-ortho nitro benzene ring substituents is 1. The molecule has 0 aliphatic carbocycles. The van der Waals surface area contributed by atoms with Crippen LogP contribution in [0.4, 0.5) is 16.5 Å². The molecule has 1 aliphatic rings. The fourth-order valence-corrected chi connectivity index (χ4v) is 3.78. The predicted octanol–water partition coefficient (Wildman–Crippen LogP) is 3.29. The maximum Gasteiger partial charge on any atom is 0.269 e. The van der Waals surface area contributed by atoms with Crippen molar-refractivity contribution in [2.24, 2.45) is 0 Å². The maximum absolute atomic E-state index is 12.3. The summed E-state index contributed by atoms with van der Waals surface area (Å²) >= 11 is 1.40. The van der Waals surface area contributed by atoms with Gasteiger partial charge in [0, 0.05) is 36.5 Å². The fraction of sp³-hybridized carbons (Fsp3) is 0.222. The number of anilines is 2. The highest BCUT2D eigenvalue weighted by Crippen LogP contribution is 2.30. The molecule has 1 aromatic heterocycles. The quantitative estimate of drug-likeness (QED) is 0.548. The zero-order valence-electron chi connectivity index (χ0n) is 14.3. The lowest BCUT2D eigenvalue weighted by Crippen LogP contribution is -2.36. The Kier molecular flexibility index (Phi) is 4.69. The summed E-state index contributed by atoms with van der Waals surface area (Å²) in [6.07, 6.45) is 0. The monoisotopic (exact) mass is 384 g/mol. The molecule has 2 heterocycles. The molecule has 2 aromatic carbocycles. The predicted molar refractivity (Wildman–Crippen MR) is 104 cm³/mol. The van der Waals surface area contributed by atoms with Gasteiger partial charge in [0.05, 0.1) is 28.4 Å². The van der Waals surface area contributed by atoms with E-state index < -0.39 is 4.92 Å². The number of nitro benzene ring substituents is 1. The second-order valence-electron chi connectivity index (χ2n) is 6.03. The number of nitrogens with one attached hydrogen (secondary N) is 1. The van der Waals surface area contributed by atoms with Gasteiger partial charge in [0.1, 0.15) is 0 Å². The highest BCUT2D eigenvalue weighted by atomic mass is 32.1. The minimum absolute atomic E-state index is 0.0535. The molecule has 9 heteroatoms. The molecule has 1 amide bonds. The van der Waals surface area contributed by atoms with Crippen LogP contribution in [0, 0.1) is 10.1 Å². The molecule has 138 valence electrons. The Labute approximate surface area is 158 Å². The molecule has 4 rings (SSSR count). The number of morpholine rings is 1. The van der Waals surface area contributed by atoms with Gasteiger partial charge in [-0.3, -0.25) is 20.2 Å². The number of aromatic nitrogens is 1. The Balaban J connectivity index is 1.51. The van der Waals surface area contributed by atoms with E-state index in [-0.39, 0.29) is 11.6 Å². The van der Waals surface area contributed by atoms with Crippen molar-refractivity contribution < 1.29 is 14.5 Å². The zero-order chi connectivity index (χ0) is 18.8. The van der Waals surface area contributed by atoms with E-state index in [4.69, 9.17) is 4.74 Å². The van der Waals surface area contributed by atoms with E-state index in [0.29, 0.717) is 10.7 Å². The molecule has 1 saturated heterocycles. The van der Waals surface area contributed by atoms with E-state index in [1.807, 2.05) is 12.1 Å². The van der Waals surface area contributed by atoms with Crippen molar-refractivity contribution in [2.75, 3.05) is 36.5 Å². The minimum atomic E-state index is -0.499. The van der Waals surface area contributed by atoms with Crippen LogP contribution in [0.1, 0.15) is 10.4 Å². The van der Waals surface area contributed by atoms with Gasteiger partial charge < -0.3 is 9.64 Å². The topological polar surface area (TPSA) is 97.6 Å². The second-order valence-corrected chi connectivity index (χ2v) is 7.06. The van der Waals surface area contributed by atoms with Crippen molar-refractivity contribution in [1.29, 1.82) is 0 Å². The molecule has 0 saturated carbocycles. The lowest BCUT2D eigenvalue weighted by atomic mass is 10.2. The highest BCUT2D eigenvalue weighted by molar-refractivity contribution is 7.22. The van der Waals surface area contributed by atoms with E-state index in [9.17, 15) is 14.9 Å². The van der Waals surface area contributed by atoms with E-state index in [2.05, 4.69) is 21.3 Å². The number of thiazole rings is 1. The first-order chi connectivity index (χ1) is 13.1. The normalized spacial score (nSPS) is 14.3. The summed E-state index contributed by atoms with van der Waals surface area (Å²) in [5.41, 5.74) is 2.22. The van der Waals surface area contributed by atoms with Gasteiger partial charge in [-0.2, -0.15) is 0 Å². The van der Waals surface area contributed by atoms with Gasteiger partial charge in [-0.05, 0) is 30.3 Å². The summed E-state index contributed by atoms with van der Waals surface area (Å²) in [6.45, 7) is 3.15. The summed E-state index contributed by atoms with van der Waals surface area (Å²) in [5, 5.41) is 14.0. The number of carbonyl (C=O) groups excluding carboxylic acids is 1. The van der Waals surface area contributed by atoms with Crippen LogP contribution in [0.15, 0.2) is 42.5 Å². The molecular weight excluding hydrogens is 368 g/mol. The molecule has 8 nitrogen and oxygen atoms in total. The Morgan fingerprint density at radius 3 is 2.63 bits per heavy atom. The average Bonchev–Trinajstić information content (AvgIpc) is 3.10. The Bertz CT molecular complexity index is 996. The third-order valence-electron chi connectivity index (χ3n) is 4.31. The largest absolute Gasteiger partial charge is 0.378 e. The van der Waals surface area contributed by atoms with Crippen LogP contribution in [-0.4, -0.2) is 42.1 Å². The Morgan fingerprint density at radius 1 is 1.19 bits per heavy atom. The van der Waals surface area contributed by atoms with Crippen LogP contribution in [0.5, 0.6) is 0 Å². The first-order valence-electron chi connectivity index (χ1n) is 8.39. The van der Waals surface area contributed by atoms with Crippen LogP contribution < -0.4 is 10.2 Å². The van der Waals surface area contributed by atoms with Gasteiger partial charge >= 0.3 is 0 Å². The van der Waals surface area contributed by atoms with Crippen LogP contribution in [0.25, 0.3) is 10.2 Å². The van der Waals surface area contributed by atoms with E-state index >= 15 is 0 Å². The first-order valence-corrected chi connectivity index (χ1v) is 9.21. The number of ether oxygens (including phenoxy) is 1. The number of carbonyl (C=O) groups is 1. The van der Waals surface area contributed by atoms with Crippen molar-refractivity contribution in [3.05, 3.63) is 58.1 Å². The molecule has 3 aromatic rings. The van der Waals surface area contributed by atoms with Gasteiger partial charge in [-0.1, -0.05) is 11.3 Å². The van der Waals surface area contributed by atoms with Crippen molar-refractivity contribution in [3.8, 4) is 0 Å². The summed E-state index contributed by atoms with van der Waals surface area (Å²) in [5.74, 6) is -0.350. The number of fused-ring (bicyclic) bond motifs is 1. The Morgan fingerprint density at radius 2 is 1.93 bits per heavy atom. The second kappa shape index (κ2) is 7.29. The number of hydrogen-bond acceptors (Lipinski definition) is 7. The van der Waals surface area contributed by atoms with Crippen LogP contribution in [0.2, 0.25) is 0 Å². The molecule has 1 N–H and O–H groups in total. The Hall–Kier alpha value is -3.04. The standard InChI is InChI=1S/C18H16N4O4S/c23-17(12-1-3-13(4-2-12)22(24)25)20-18-19-15-6-5-14(11-16(15)27-18)21-7-9-26-10-8-21/h1-6,11H,7-10H2,(H,19,20,23). The molecule has 27 heavy (non-hydrogen) atoms. The molecular formula is C18H16N4O4S. The summed E-state index contributed by atoms with van der Waals surface area (Å²) in [7, 11) is 0. The number of amides is 1. The number of nitrogens with zero attached hydrogens (tertiary/aromatic N) is 3. The van der Waals surface area contributed by atoms with Crippen molar-refractivity contribution in [2.45, 2.75) is 0 Å². The minimum Gasteiger partial charge on any atom is -0.378 e. The maximum atomic E-state index is 12.3. The SMILES string of the molecule is O=C(Nc1nc2ccc(N3CCOCC3)cc2s1)c1ccc([N+](=O)[O-])cc1.